The van der Waals surface area contributed by atoms with Crippen LogP contribution in [-0.4, -0.2) is 77.0 Å². The number of amides is 1. The van der Waals surface area contributed by atoms with E-state index in [2.05, 4.69) is 26.9 Å². The van der Waals surface area contributed by atoms with Crippen molar-refractivity contribution in [1.29, 1.82) is 0 Å². The van der Waals surface area contributed by atoms with Gasteiger partial charge >= 0.3 is 0 Å². The fourth-order valence-electron chi connectivity index (χ4n) is 5.83. The van der Waals surface area contributed by atoms with Crippen molar-refractivity contribution in [3.63, 3.8) is 0 Å². The van der Waals surface area contributed by atoms with E-state index >= 15 is 0 Å². The maximum absolute atomic E-state index is 12.6. The molecule has 7 nitrogen and oxygen atoms in total. The Morgan fingerprint density at radius 3 is 2.53 bits per heavy atom. The fraction of sp³-hybridized carbons (Fsp3) is 0.731. The number of nitrogens with one attached hydrogen (secondary N) is 1. The van der Waals surface area contributed by atoms with Crippen LogP contribution in [0.25, 0.3) is 10.2 Å². The molecule has 8 heteroatoms. The van der Waals surface area contributed by atoms with E-state index in [-0.39, 0.29) is 11.9 Å². The molecule has 0 spiro atoms. The highest BCUT2D eigenvalue weighted by Crippen LogP contribution is 2.40. The molecule has 2 aliphatic carbocycles. The number of hydrogen-bond donors (Lipinski definition) is 1. The lowest BCUT2D eigenvalue weighted by Gasteiger charge is -2.38. The summed E-state index contributed by atoms with van der Waals surface area (Å²) in [4.78, 5) is 33.0. The Hall–Kier alpha value is -1.77. The average Bonchev–Trinajstić information content (AvgIpc) is 3.61. The van der Waals surface area contributed by atoms with Crippen LogP contribution in [0.4, 0.5) is 5.82 Å². The van der Waals surface area contributed by atoms with E-state index in [1.54, 1.807) is 0 Å². The number of aromatic nitrogens is 2. The molecule has 2 aromatic rings. The first-order valence-electron chi connectivity index (χ1n) is 13.5. The van der Waals surface area contributed by atoms with Crippen LogP contribution in [0.5, 0.6) is 0 Å². The monoisotopic (exact) mass is 482 g/mol. The van der Waals surface area contributed by atoms with Crippen molar-refractivity contribution < 1.29 is 4.79 Å². The summed E-state index contributed by atoms with van der Waals surface area (Å²) in [6.45, 7) is 8.89. The van der Waals surface area contributed by atoms with Crippen LogP contribution in [0.3, 0.4) is 0 Å². The van der Waals surface area contributed by atoms with Crippen LogP contribution in [0, 0.1) is 0 Å². The number of hydrogen-bond acceptors (Lipinski definition) is 7. The lowest BCUT2D eigenvalue weighted by molar-refractivity contribution is -0.126. The third-order valence-corrected chi connectivity index (χ3v) is 9.31. The van der Waals surface area contributed by atoms with Crippen molar-refractivity contribution in [2.75, 3.05) is 44.2 Å². The molecule has 1 atom stereocenters. The second-order valence-electron chi connectivity index (χ2n) is 10.7. The number of piperazine rings is 1. The number of nitrogens with zero attached hydrogens (tertiary/aromatic N) is 5. The molecule has 0 unspecified atom stereocenters. The Morgan fingerprint density at radius 1 is 1.00 bits per heavy atom. The number of thiophene rings is 1. The number of aryl methyl sites for hydroxylation is 2. The first kappa shape index (κ1) is 22.7. The molecule has 2 saturated heterocycles. The molecule has 3 fully saturated rings. The number of rotatable bonds is 6. The summed E-state index contributed by atoms with van der Waals surface area (Å²) in [5.41, 5.74) is 1.52. The molecule has 4 aliphatic rings. The zero-order valence-corrected chi connectivity index (χ0v) is 21.3. The highest BCUT2D eigenvalue weighted by molar-refractivity contribution is 7.19. The minimum atomic E-state index is -0.0586. The van der Waals surface area contributed by atoms with Crippen molar-refractivity contribution in [2.24, 2.45) is 0 Å². The summed E-state index contributed by atoms with van der Waals surface area (Å²) >= 11 is 1.92. The molecule has 1 N–H and O–H groups in total. The molecule has 2 aliphatic heterocycles. The molecular formula is C26H38N6OS. The lowest BCUT2D eigenvalue weighted by Crippen LogP contribution is -2.54. The van der Waals surface area contributed by atoms with Crippen molar-refractivity contribution in [3.8, 4) is 0 Å². The van der Waals surface area contributed by atoms with Gasteiger partial charge in [-0.3, -0.25) is 14.6 Å². The second-order valence-corrected chi connectivity index (χ2v) is 11.8. The topological polar surface area (TPSA) is 64.6 Å². The van der Waals surface area contributed by atoms with Gasteiger partial charge in [0, 0.05) is 37.1 Å². The third-order valence-electron chi connectivity index (χ3n) is 8.12. The van der Waals surface area contributed by atoms with Crippen molar-refractivity contribution in [3.05, 3.63) is 16.3 Å². The van der Waals surface area contributed by atoms with Gasteiger partial charge in [-0.25, -0.2) is 9.97 Å². The van der Waals surface area contributed by atoms with Gasteiger partial charge in [-0.2, -0.15) is 0 Å². The maximum atomic E-state index is 12.6. The number of piperidine rings is 1. The quantitative estimate of drug-likeness (QED) is 0.681. The van der Waals surface area contributed by atoms with Gasteiger partial charge < -0.3 is 10.2 Å². The summed E-state index contributed by atoms with van der Waals surface area (Å²) in [6, 6.07) is 0.366. The van der Waals surface area contributed by atoms with Gasteiger partial charge in [-0.05, 0) is 76.9 Å². The normalized spacial score (nSPS) is 23.1. The summed E-state index contributed by atoms with van der Waals surface area (Å²) in [6.07, 6.45) is 11.1. The van der Waals surface area contributed by atoms with Crippen LogP contribution in [0.2, 0.25) is 0 Å². The molecule has 0 aromatic carbocycles. The first-order chi connectivity index (χ1) is 16.7. The molecule has 0 bridgehead atoms. The summed E-state index contributed by atoms with van der Waals surface area (Å²) in [7, 11) is 0. The fourth-order valence-corrected chi connectivity index (χ4v) is 7.11. The number of carbonyl (C=O) groups is 1. The largest absolute Gasteiger partial charge is 0.353 e. The Morgan fingerprint density at radius 2 is 1.76 bits per heavy atom. The van der Waals surface area contributed by atoms with E-state index < -0.39 is 0 Å². The van der Waals surface area contributed by atoms with Gasteiger partial charge in [0.2, 0.25) is 5.91 Å². The van der Waals surface area contributed by atoms with Crippen LogP contribution >= 0.6 is 11.3 Å². The summed E-state index contributed by atoms with van der Waals surface area (Å²) < 4.78 is 0. The standard InChI is InChI=1S/C26H38N6OS/c1-18(25(33)27-19-9-10-19)31-13-15-32(16-14-31)24-23-20-7-3-4-8-21(20)34-26(23)29-22(28-24)17-30-11-5-2-6-12-30/h18-19H,2-17H2,1H3,(H,27,33)/t18-/m1/s1. The maximum Gasteiger partial charge on any atom is 0.237 e. The second kappa shape index (κ2) is 9.70. The number of fused-ring (bicyclic) bond motifs is 3. The zero-order chi connectivity index (χ0) is 23.1. The number of likely N-dealkylation sites (tertiary alicyclic amines) is 1. The van der Waals surface area contributed by atoms with Gasteiger partial charge in [0.1, 0.15) is 16.5 Å². The van der Waals surface area contributed by atoms with E-state index in [0.29, 0.717) is 6.04 Å². The Balaban J connectivity index is 1.24. The van der Waals surface area contributed by atoms with Crippen LogP contribution in [-0.2, 0) is 24.2 Å². The highest BCUT2D eigenvalue weighted by atomic mass is 32.1. The Labute approximate surface area is 206 Å². The highest BCUT2D eigenvalue weighted by Gasteiger charge is 2.31. The van der Waals surface area contributed by atoms with Crippen LogP contribution < -0.4 is 10.2 Å². The Bertz CT molecular complexity index is 1040. The minimum absolute atomic E-state index is 0.0586. The van der Waals surface area contributed by atoms with Gasteiger partial charge in [0.15, 0.2) is 0 Å². The molecule has 4 heterocycles. The van der Waals surface area contributed by atoms with E-state index in [9.17, 15) is 4.79 Å². The smallest absolute Gasteiger partial charge is 0.237 e. The lowest BCUT2D eigenvalue weighted by atomic mass is 9.97. The van der Waals surface area contributed by atoms with Gasteiger partial charge in [-0.15, -0.1) is 11.3 Å². The summed E-state index contributed by atoms with van der Waals surface area (Å²) in [5.74, 6) is 2.34. The molecule has 2 aromatic heterocycles. The van der Waals surface area contributed by atoms with E-state index in [0.717, 1.165) is 76.7 Å². The molecule has 0 radical (unpaired) electrons. The van der Waals surface area contributed by atoms with Crippen LogP contribution in [0.1, 0.15) is 68.1 Å². The number of carbonyl (C=O) groups excluding carboxylic acids is 1. The summed E-state index contributed by atoms with van der Waals surface area (Å²) in [5, 5.41) is 4.51. The average molecular weight is 483 g/mol. The Kier molecular flexibility index (Phi) is 6.47. The molecule has 1 saturated carbocycles. The van der Waals surface area contributed by atoms with E-state index in [1.165, 1.54) is 59.2 Å². The molecule has 6 rings (SSSR count). The van der Waals surface area contributed by atoms with E-state index in [1.807, 2.05) is 11.3 Å². The van der Waals surface area contributed by atoms with E-state index in [4.69, 9.17) is 9.97 Å². The first-order valence-corrected chi connectivity index (χ1v) is 14.3. The molecular weight excluding hydrogens is 444 g/mol. The predicted octanol–water partition coefficient (Wildman–Crippen LogP) is 3.35. The molecule has 184 valence electrons. The third kappa shape index (κ3) is 4.69. The molecule has 34 heavy (non-hydrogen) atoms. The number of anilines is 1. The predicted molar refractivity (Wildman–Crippen MR) is 138 cm³/mol. The van der Waals surface area contributed by atoms with Gasteiger partial charge in [0.05, 0.1) is 18.0 Å². The zero-order valence-electron chi connectivity index (χ0n) is 20.5. The van der Waals surface area contributed by atoms with Crippen molar-refractivity contribution in [2.45, 2.75) is 83.3 Å². The molecule has 1 amide bonds. The van der Waals surface area contributed by atoms with Crippen molar-refractivity contribution >= 4 is 33.3 Å². The van der Waals surface area contributed by atoms with Crippen molar-refractivity contribution in [1.82, 2.24) is 25.1 Å². The van der Waals surface area contributed by atoms with Crippen LogP contribution in [0.15, 0.2) is 0 Å². The van der Waals surface area contributed by atoms with Gasteiger partial charge in [0.25, 0.3) is 0 Å². The van der Waals surface area contributed by atoms with Gasteiger partial charge in [-0.1, -0.05) is 6.42 Å². The SMILES string of the molecule is C[C@H](C(=O)NC1CC1)N1CCN(c2nc(CN3CCCCC3)nc3sc4c(c23)CCCC4)CC1. The minimum Gasteiger partial charge on any atom is -0.353 e.